The zero-order valence-electron chi connectivity index (χ0n) is 13.8. The van der Waals surface area contributed by atoms with Gasteiger partial charge in [0.15, 0.2) is 11.5 Å². The van der Waals surface area contributed by atoms with E-state index in [2.05, 4.69) is 5.32 Å². The van der Waals surface area contributed by atoms with E-state index in [4.69, 9.17) is 14.6 Å². The molecule has 2 aromatic carbocycles. The van der Waals surface area contributed by atoms with Gasteiger partial charge in [0.25, 0.3) is 0 Å². The SMILES string of the molecule is COc1ccccc1Oc1ccc(CNC(=O)C2CC2C(=O)O)cc1. The average molecular weight is 341 g/mol. The van der Waals surface area contributed by atoms with Crippen LogP contribution in [0.1, 0.15) is 12.0 Å². The van der Waals surface area contributed by atoms with Crippen LogP contribution in [0.2, 0.25) is 0 Å². The Labute approximate surface area is 145 Å². The minimum atomic E-state index is -0.905. The van der Waals surface area contributed by atoms with Crippen LogP contribution in [-0.2, 0) is 16.1 Å². The Kier molecular flexibility index (Phi) is 4.88. The van der Waals surface area contributed by atoms with Gasteiger partial charge in [-0.25, -0.2) is 0 Å². The second-order valence-corrected chi connectivity index (χ2v) is 5.90. The van der Waals surface area contributed by atoms with Gasteiger partial charge in [-0.1, -0.05) is 24.3 Å². The van der Waals surface area contributed by atoms with Gasteiger partial charge in [-0.15, -0.1) is 0 Å². The van der Waals surface area contributed by atoms with Crippen LogP contribution in [0.3, 0.4) is 0 Å². The summed E-state index contributed by atoms with van der Waals surface area (Å²) in [5.41, 5.74) is 0.910. The van der Waals surface area contributed by atoms with E-state index >= 15 is 0 Å². The summed E-state index contributed by atoms with van der Waals surface area (Å²) in [6.45, 7) is 0.358. The van der Waals surface area contributed by atoms with Crippen LogP contribution >= 0.6 is 0 Å². The molecule has 0 heterocycles. The van der Waals surface area contributed by atoms with Gasteiger partial charge in [-0.2, -0.15) is 0 Å². The van der Waals surface area contributed by atoms with Crippen molar-refractivity contribution >= 4 is 11.9 Å². The molecule has 1 aliphatic rings. The molecule has 1 fully saturated rings. The number of carboxylic acid groups (broad SMARTS) is 1. The maximum Gasteiger partial charge on any atom is 0.307 e. The highest BCUT2D eigenvalue weighted by Crippen LogP contribution is 2.38. The predicted molar refractivity (Wildman–Crippen MR) is 90.6 cm³/mol. The molecule has 0 bridgehead atoms. The van der Waals surface area contributed by atoms with E-state index in [-0.39, 0.29) is 5.91 Å². The maximum atomic E-state index is 11.9. The summed E-state index contributed by atoms with van der Waals surface area (Å²) >= 11 is 0. The Balaban J connectivity index is 1.54. The maximum absolute atomic E-state index is 11.9. The molecule has 25 heavy (non-hydrogen) atoms. The Morgan fingerprint density at radius 3 is 2.36 bits per heavy atom. The lowest BCUT2D eigenvalue weighted by Gasteiger charge is -2.10. The van der Waals surface area contributed by atoms with Gasteiger partial charge < -0.3 is 19.9 Å². The number of amides is 1. The summed E-state index contributed by atoms with van der Waals surface area (Å²) in [5.74, 6) is -0.106. The largest absolute Gasteiger partial charge is 0.493 e. The lowest BCUT2D eigenvalue weighted by atomic mass is 10.2. The van der Waals surface area contributed by atoms with Crippen LogP contribution < -0.4 is 14.8 Å². The topological polar surface area (TPSA) is 84.9 Å². The van der Waals surface area contributed by atoms with Gasteiger partial charge in [0.1, 0.15) is 5.75 Å². The van der Waals surface area contributed by atoms with Crippen LogP contribution in [0.4, 0.5) is 0 Å². The fourth-order valence-electron chi connectivity index (χ4n) is 2.58. The molecule has 130 valence electrons. The molecule has 3 rings (SSSR count). The number of hydrogen-bond donors (Lipinski definition) is 2. The number of nitrogens with one attached hydrogen (secondary N) is 1. The number of ether oxygens (including phenoxy) is 2. The number of rotatable bonds is 7. The highest BCUT2D eigenvalue weighted by atomic mass is 16.5. The number of carbonyl (C=O) groups excluding carboxylic acids is 1. The minimum absolute atomic E-state index is 0.207. The Morgan fingerprint density at radius 1 is 1.08 bits per heavy atom. The monoisotopic (exact) mass is 341 g/mol. The van der Waals surface area contributed by atoms with Gasteiger partial charge in [0.2, 0.25) is 5.91 Å². The summed E-state index contributed by atoms with van der Waals surface area (Å²) in [4.78, 5) is 22.6. The average Bonchev–Trinajstić information content (AvgIpc) is 3.42. The normalized spacial score (nSPS) is 18.3. The molecule has 0 radical (unpaired) electrons. The lowest BCUT2D eigenvalue weighted by Crippen LogP contribution is -2.25. The number of methoxy groups -OCH3 is 1. The third-order valence-corrected chi connectivity index (χ3v) is 4.13. The third-order valence-electron chi connectivity index (χ3n) is 4.13. The Bertz CT molecular complexity index is 772. The first-order valence-corrected chi connectivity index (χ1v) is 7.99. The number of benzene rings is 2. The molecular weight excluding hydrogens is 322 g/mol. The van der Waals surface area contributed by atoms with Crippen molar-refractivity contribution in [3.8, 4) is 17.2 Å². The van der Waals surface area contributed by atoms with E-state index in [0.717, 1.165) is 5.56 Å². The van der Waals surface area contributed by atoms with Crippen LogP contribution in [0.25, 0.3) is 0 Å². The zero-order valence-corrected chi connectivity index (χ0v) is 13.8. The molecule has 0 saturated heterocycles. The number of aliphatic carboxylic acids is 1. The standard InChI is InChI=1S/C19H19NO5/c1-24-16-4-2-3-5-17(16)25-13-8-6-12(7-9-13)11-20-18(21)14-10-15(14)19(22)23/h2-9,14-15H,10-11H2,1H3,(H,20,21)(H,22,23). The summed E-state index contributed by atoms with van der Waals surface area (Å²) in [6, 6.07) is 14.7. The summed E-state index contributed by atoms with van der Waals surface area (Å²) in [6.07, 6.45) is 0.423. The number of carboxylic acids is 1. The van der Waals surface area contributed by atoms with Crippen molar-refractivity contribution in [2.75, 3.05) is 7.11 Å². The fraction of sp³-hybridized carbons (Fsp3) is 0.263. The van der Waals surface area contributed by atoms with Crippen LogP contribution in [-0.4, -0.2) is 24.1 Å². The highest BCUT2D eigenvalue weighted by molar-refractivity contribution is 5.89. The molecule has 1 amide bonds. The van der Waals surface area contributed by atoms with Crippen molar-refractivity contribution in [2.24, 2.45) is 11.8 Å². The van der Waals surface area contributed by atoms with E-state index in [1.807, 2.05) is 48.5 Å². The highest BCUT2D eigenvalue weighted by Gasteiger charge is 2.48. The fourth-order valence-corrected chi connectivity index (χ4v) is 2.58. The molecule has 1 aliphatic carbocycles. The summed E-state index contributed by atoms with van der Waals surface area (Å²) in [7, 11) is 1.59. The molecule has 0 spiro atoms. The van der Waals surface area contributed by atoms with E-state index in [9.17, 15) is 9.59 Å². The van der Waals surface area contributed by atoms with Gasteiger partial charge in [-0.3, -0.25) is 9.59 Å². The second kappa shape index (κ2) is 7.25. The van der Waals surface area contributed by atoms with Gasteiger partial charge >= 0.3 is 5.97 Å². The molecule has 6 nitrogen and oxygen atoms in total. The van der Waals surface area contributed by atoms with Crippen molar-refractivity contribution in [3.05, 3.63) is 54.1 Å². The van der Waals surface area contributed by atoms with E-state index in [1.54, 1.807) is 7.11 Å². The van der Waals surface area contributed by atoms with E-state index < -0.39 is 17.8 Å². The molecule has 1 saturated carbocycles. The molecule has 0 aromatic heterocycles. The predicted octanol–water partition coefficient (Wildman–Crippen LogP) is 2.82. The van der Waals surface area contributed by atoms with Gasteiger partial charge in [0.05, 0.1) is 18.9 Å². The van der Waals surface area contributed by atoms with Crippen LogP contribution in [0, 0.1) is 11.8 Å². The molecule has 2 unspecified atom stereocenters. The number of carbonyl (C=O) groups is 2. The minimum Gasteiger partial charge on any atom is -0.493 e. The van der Waals surface area contributed by atoms with E-state index in [0.29, 0.717) is 30.2 Å². The third kappa shape index (κ3) is 4.09. The first-order chi connectivity index (χ1) is 12.1. The van der Waals surface area contributed by atoms with Crippen LogP contribution in [0.15, 0.2) is 48.5 Å². The van der Waals surface area contributed by atoms with Crippen molar-refractivity contribution in [1.82, 2.24) is 5.32 Å². The van der Waals surface area contributed by atoms with Crippen LogP contribution in [0.5, 0.6) is 17.2 Å². The lowest BCUT2D eigenvalue weighted by molar-refractivity contribution is -0.140. The van der Waals surface area contributed by atoms with Crippen molar-refractivity contribution in [1.29, 1.82) is 0 Å². The Hall–Kier alpha value is -3.02. The number of para-hydroxylation sites is 2. The molecule has 2 atom stereocenters. The van der Waals surface area contributed by atoms with Gasteiger partial charge in [-0.05, 0) is 36.2 Å². The van der Waals surface area contributed by atoms with E-state index in [1.165, 1.54) is 0 Å². The summed E-state index contributed by atoms with van der Waals surface area (Å²) < 4.78 is 11.0. The first-order valence-electron chi connectivity index (χ1n) is 7.99. The van der Waals surface area contributed by atoms with Crippen molar-refractivity contribution < 1.29 is 24.2 Å². The molecular formula is C19H19NO5. The first kappa shape index (κ1) is 16.8. The van der Waals surface area contributed by atoms with Gasteiger partial charge in [0, 0.05) is 6.54 Å². The zero-order chi connectivity index (χ0) is 17.8. The summed E-state index contributed by atoms with van der Waals surface area (Å²) in [5, 5.41) is 11.6. The Morgan fingerprint density at radius 2 is 1.76 bits per heavy atom. The molecule has 0 aliphatic heterocycles. The smallest absolute Gasteiger partial charge is 0.307 e. The van der Waals surface area contributed by atoms with Crippen molar-refractivity contribution in [3.63, 3.8) is 0 Å². The van der Waals surface area contributed by atoms with Crippen molar-refractivity contribution in [2.45, 2.75) is 13.0 Å². The number of hydrogen-bond acceptors (Lipinski definition) is 4. The quantitative estimate of drug-likeness (QED) is 0.809. The molecule has 6 heteroatoms. The second-order valence-electron chi connectivity index (χ2n) is 5.90. The molecule has 2 aromatic rings. The molecule has 2 N–H and O–H groups in total.